The number of anilines is 1. The van der Waals surface area contributed by atoms with Crippen molar-refractivity contribution in [1.29, 1.82) is 0 Å². The van der Waals surface area contributed by atoms with Gasteiger partial charge in [0, 0.05) is 26.3 Å². The zero-order chi connectivity index (χ0) is 16.0. The second-order valence-electron chi connectivity index (χ2n) is 5.71. The molecule has 2 aromatic carbocycles. The van der Waals surface area contributed by atoms with Gasteiger partial charge in [0.25, 0.3) is 0 Å². The SMILES string of the molecule is Cc1cc(Cl)ccc1-n1nc(-c2cccc(I)c2)c2c1NCC2. The molecule has 1 aliphatic rings. The standard InChI is InChI=1S/C18H15ClIN3/c1-11-9-13(19)5-6-16(11)23-18-15(7-8-21-18)17(22-23)12-3-2-4-14(20)10-12/h2-6,9-10,21H,7-8H2,1H3. The Morgan fingerprint density at radius 1 is 1.22 bits per heavy atom. The molecule has 0 amide bonds. The average Bonchev–Trinajstić information content (AvgIpc) is 3.10. The van der Waals surface area contributed by atoms with E-state index >= 15 is 0 Å². The second-order valence-corrected chi connectivity index (χ2v) is 7.39. The van der Waals surface area contributed by atoms with E-state index in [2.05, 4.69) is 59.1 Å². The average molecular weight is 436 g/mol. The number of fused-ring (bicyclic) bond motifs is 1. The third-order valence-electron chi connectivity index (χ3n) is 4.14. The molecule has 3 nitrogen and oxygen atoms in total. The largest absolute Gasteiger partial charge is 0.369 e. The first-order chi connectivity index (χ1) is 11.1. The smallest absolute Gasteiger partial charge is 0.133 e. The topological polar surface area (TPSA) is 29.9 Å². The highest BCUT2D eigenvalue weighted by Crippen LogP contribution is 2.35. The van der Waals surface area contributed by atoms with Crippen LogP contribution in [0.25, 0.3) is 16.9 Å². The van der Waals surface area contributed by atoms with E-state index in [0.717, 1.165) is 40.8 Å². The maximum Gasteiger partial charge on any atom is 0.133 e. The molecular weight excluding hydrogens is 421 g/mol. The van der Waals surface area contributed by atoms with E-state index in [1.54, 1.807) is 0 Å². The van der Waals surface area contributed by atoms with E-state index in [0.29, 0.717) is 0 Å². The molecular formula is C18H15ClIN3. The fourth-order valence-electron chi connectivity index (χ4n) is 3.07. The van der Waals surface area contributed by atoms with E-state index in [-0.39, 0.29) is 0 Å². The van der Waals surface area contributed by atoms with Gasteiger partial charge in [0.2, 0.25) is 0 Å². The van der Waals surface area contributed by atoms with Crippen LogP contribution in [0.2, 0.25) is 5.02 Å². The number of benzene rings is 2. The van der Waals surface area contributed by atoms with Crippen LogP contribution in [0.3, 0.4) is 0 Å². The van der Waals surface area contributed by atoms with E-state index in [4.69, 9.17) is 16.7 Å². The Labute approximate surface area is 153 Å². The van der Waals surface area contributed by atoms with Gasteiger partial charge in [-0.15, -0.1) is 0 Å². The van der Waals surface area contributed by atoms with Gasteiger partial charge in [-0.1, -0.05) is 23.7 Å². The highest BCUT2D eigenvalue weighted by Gasteiger charge is 2.24. The third kappa shape index (κ3) is 2.64. The van der Waals surface area contributed by atoms with E-state index < -0.39 is 0 Å². The number of aryl methyl sites for hydroxylation is 1. The summed E-state index contributed by atoms with van der Waals surface area (Å²) < 4.78 is 3.24. The highest BCUT2D eigenvalue weighted by molar-refractivity contribution is 14.1. The van der Waals surface area contributed by atoms with Gasteiger partial charge >= 0.3 is 0 Å². The lowest BCUT2D eigenvalue weighted by atomic mass is 10.1. The van der Waals surface area contributed by atoms with Crippen LogP contribution < -0.4 is 5.32 Å². The summed E-state index contributed by atoms with van der Waals surface area (Å²) in [6, 6.07) is 14.4. The van der Waals surface area contributed by atoms with Gasteiger partial charge in [-0.25, -0.2) is 4.68 Å². The second kappa shape index (κ2) is 5.83. The molecule has 2 heterocycles. The van der Waals surface area contributed by atoms with Crippen molar-refractivity contribution in [2.24, 2.45) is 0 Å². The van der Waals surface area contributed by atoms with Crippen LogP contribution in [0, 0.1) is 10.5 Å². The Balaban J connectivity index is 1.91. The number of nitrogens with zero attached hydrogens (tertiary/aromatic N) is 2. The van der Waals surface area contributed by atoms with Crippen molar-refractivity contribution < 1.29 is 0 Å². The first-order valence-electron chi connectivity index (χ1n) is 7.52. The Morgan fingerprint density at radius 3 is 2.87 bits per heavy atom. The Kier molecular flexibility index (Phi) is 3.81. The summed E-state index contributed by atoms with van der Waals surface area (Å²) in [6.45, 7) is 3.02. The molecule has 1 N–H and O–H groups in total. The minimum Gasteiger partial charge on any atom is -0.369 e. The van der Waals surface area contributed by atoms with Crippen LogP contribution in [0.1, 0.15) is 11.1 Å². The van der Waals surface area contributed by atoms with Gasteiger partial charge in [-0.05, 0) is 71.8 Å². The van der Waals surface area contributed by atoms with Crippen LogP contribution in [-0.2, 0) is 6.42 Å². The molecule has 0 saturated carbocycles. The van der Waals surface area contributed by atoms with E-state index in [9.17, 15) is 0 Å². The van der Waals surface area contributed by atoms with Crippen LogP contribution in [-0.4, -0.2) is 16.3 Å². The van der Waals surface area contributed by atoms with Crippen molar-refractivity contribution >= 4 is 40.0 Å². The van der Waals surface area contributed by atoms with Crippen molar-refractivity contribution in [2.75, 3.05) is 11.9 Å². The van der Waals surface area contributed by atoms with Crippen LogP contribution in [0.4, 0.5) is 5.82 Å². The van der Waals surface area contributed by atoms with Crippen molar-refractivity contribution in [3.8, 4) is 16.9 Å². The van der Waals surface area contributed by atoms with Crippen molar-refractivity contribution in [1.82, 2.24) is 9.78 Å². The summed E-state index contributed by atoms with van der Waals surface area (Å²) in [7, 11) is 0. The summed E-state index contributed by atoms with van der Waals surface area (Å²) in [5, 5.41) is 9.14. The summed E-state index contributed by atoms with van der Waals surface area (Å²) in [4.78, 5) is 0. The minimum absolute atomic E-state index is 0.751. The highest BCUT2D eigenvalue weighted by atomic mass is 127. The van der Waals surface area contributed by atoms with Gasteiger partial charge < -0.3 is 5.32 Å². The molecule has 0 radical (unpaired) electrons. The van der Waals surface area contributed by atoms with Gasteiger partial charge in [0.1, 0.15) is 5.82 Å². The number of aromatic nitrogens is 2. The van der Waals surface area contributed by atoms with Crippen LogP contribution >= 0.6 is 34.2 Å². The Morgan fingerprint density at radius 2 is 2.09 bits per heavy atom. The van der Waals surface area contributed by atoms with Gasteiger partial charge in [-0.2, -0.15) is 5.10 Å². The lowest BCUT2D eigenvalue weighted by Crippen LogP contribution is -2.05. The molecule has 3 aromatic rings. The van der Waals surface area contributed by atoms with Crippen LogP contribution in [0.5, 0.6) is 0 Å². The molecule has 0 bridgehead atoms. The van der Waals surface area contributed by atoms with Gasteiger partial charge in [-0.3, -0.25) is 0 Å². The number of hydrogen-bond acceptors (Lipinski definition) is 2. The fourth-order valence-corrected chi connectivity index (χ4v) is 3.84. The summed E-state index contributed by atoms with van der Waals surface area (Å²) in [5.74, 6) is 1.10. The molecule has 0 unspecified atom stereocenters. The molecule has 0 aliphatic carbocycles. The number of rotatable bonds is 2. The third-order valence-corrected chi connectivity index (χ3v) is 5.04. The molecule has 5 heteroatoms. The Bertz CT molecular complexity index is 901. The zero-order valence-corrected chi connectivity index (χ0v) is 15.5. The van der Waals surface area contributed by atoms with Gasteiger partial charge in [0.05, 0.1) is 11.4 Å². The molecule has 0 saturated heterocycles. The molecule has 1 aromatic heterocycles. The Hall–Kier alpha value is -1.53. The first-order valence-corrected chi connectivity index (χ1v) is 8.97. The van der Waals surface area contributed by atoms with Crippen molar-refractivity contribution in [3.05, 3.63) is 62.2 Å². The molecule has 0 fully saturated rings. The molecule has 0 atom stereocenters. The summed E-state index contributed by atoms with van der Waals surface area (Å²) in [5.41, 5.74) is 5.71. The quantitative estimate of drug-likeness (QED) is 0.569. The lowest BCUT2D eigenvalue weighted by molar-refractivity contribution is 0.875. The lowest BCUT2D eigenvalue weighted by Gasteiger charge is -2.09. The van der Waals surface area contributed by atoms with E-state index in [1.165, 1.54) is 14.7 Å². The zero-order valence-electron chi connectivity index (χ0n) is 12.6. The first kappa shape index (κ1) is 15.0. The fraction of sp³-hybridized carbons (Fsp3) is 0.167. The molecule has 23 heavy (non-hydrogen) atoms. The summed E-state index contributed by atoms with van der Waals surface area (Å²) in [6.07, 6.45) is 1.00. The predicted molar refractivity (Wildman–Crippen MR) is 104 cm³/mol. The predicted octanol–water partition coefficient (Wildman–Crippen LogP) is 5.07. The van der Waals surface area contributed by atoms with E-state index in [1.807, 2.05) is 22.9 Å². The minimum atomic E-state index is 0.751. The number of nitrogens with one attached hydrogen (secondary N) is 1. The molecule has 0 spiro atoms. The molecule has 116 valence electrons. The normalized spacial score (nSPS) is 13.0. The summed E-state index contributed by atoms with van der Waals surface area (Å²) >= 11 is 8.44. The van der Waals surface area contributed by atoms with Crippen molar-refractivity contribution in [3.63, 3.8) is 0 Å². The number of hydrogen-bond donors (Lipinski definition) is 1. The maximum absolute atomic E-state index is 6.09. The number of halogens is 2. The van der Waals surface area contributed by atoms with Crippen LogP contribution in [0.15, 0.2) is 42.5 Å². The van der Waals surface area contributed by atoms with Gasteiger partial charge in [0.15, 0.2) is 0 Å². The monoisotopic (exact) mass is 435 g/mol. The molecule has 4 rings (SSSR count). The van der Waals surface area contributed by atoms with Crippen molar-refractivity contribution in [2.45, 2.75) is 13.3 Å². The molecule has 1 aliphatic heterocycles. The maximum atomic E-state index is 6.09.